The minimum absolute atomic E-state index is 0.000848. The van der Waals surface area contributed by atoms with Crippen LogP contribution in [0.5, 0.6) is 5.75 Å². The summed E-state index contributed by atoms with van der Waals surface area (Å²) in [6.45, 7) is 0.258. The Morgan fingerprint density at radius 3 is 2.54 bits per heavy atom. The monoisotopic (exact) mass is 326 g/mol. The Morgan fingerprint density at radius 1 is 1.21 bits per heavy atom. The number of benzene rings is 2. The van der Waals surface area contributed by atoms with Gasteiger partial charge < -0.3 is 9.64 Å². The lowest BCUT2D eigenvalue weighted by atomic mass is 9.88. The third-order valence-electron chi connectivity index (χ3n) is 4.15. The second-order valence-electron chi connectivity index (χ2n) is 5.87. The maximum Gasteiger partial charge on any atom is 0.274 e. The molecular weight excluding hydrogens is 308 g/mol. The molecule has 2 aromatic carbocycles. The Hall–Kier alpha value is -2.86. The van der Waals surface area contributed by atoms with Gasteiger partial charge in [0.2, 0.25) is 0 Å². The van der Waals surface area contributed by atoms with Crippen molar-refractivity contribution in [1.82, 2.24) is 5.48 Å². The highest BCUT2D eigenvalue weighted by atomic mass is 16.5. The van der Waals surface area contributed by atoms with Gasteiger partial charge in [0, 0.05) is 31.4 Å². The number of nitrogens with one attached hydrogen (secondary N) is 1. The lowest BCUT2D eigenvalue weighted by Gasteiger charge is -2.26. The first-order valence-corrected chi connectivity index (χ1v) is 7.54. The molecule has 1 aliphatic heterocycles. The Kier molecular flexibility index (Phi) is 4.22. The Morgan fingerprint density at radius 2 is 1.92 bits per heavy atom. The van der Waals surface area contributed by atoms with Gasteiger partial charge in [-0.25, -0.2) is 5.48 Å². The number of anilines is 1. The maximum atomic E-state index is 12.8. The van der Waals surface area contributed by atoms with Gasteiger partial charge in [0.1, 0.15) is 12.4 Å². The summed E-state index contributed by atoms with van der Waals surface area (Å²) in [6, 6.07) is 12.1. The number of nitrogens with zero attached hydrogens (tertiary/aromatic N) is 1. The van der Waals surface area contributed by atoms with Crippen molar-refractivity contribution in [1.29, 1.82) is 0 Å². The molecule has 0 saturated carbocycles. The molecule has 1 amide bonds. The summed E-state index contributed by atoms with van der Waals surface area (Å²) in [5, 5.41) is 8.64. The first kappa shape index (κ1) is 16.0. The molecule has 0 aromatic heterocycles. The fraction of sp³-hybridized carbons (Fsp3) is 0.222. The fourth-order valence-corrected chi connectivity index (χ4v) is 2.73. The van der Waals surface area contributed by atoms with E-state index in [0.29, 0.717) is 16.9 Å². The van der Waals surface area contributed by atoms with E-state index in [9.17, 15) is 9.59 Å². The zero-order valence-electron chi connectivity index (χ0n) is 13.4. The van der Waals surface area contributed by atoms with Gasteiger partial charge in [-0.15, -0.1) is 0 Å². The number of amides is 1. The number of fused-ring (bicyclic) bond motifs is 1. The highest BCUT2D eigenvalue weighted by Crippen LogP contribution is 2.34. The van der Waals surface area contributed by atoms with Gasteiger partial charge in [-0.2, -0.15) is 0 Å². The normalized spacial score (nSPS) is 16.1. The van der Waals surface area contributed by atoms with Gasteiger partial charge in [0.25, 0.3) is 5.91 Å². The van der Waals surface area contributed by atoms with Crippen molar-refractivity contribution in [2.24, 2.45) is 0 Å². The second kappa shape index (κ2) is 6.33. The Bertz CT molecular complexity index is 784. The summed E-state index contributed by atoms with van der Waals surface area (Å²) in [5.74, 6) is -0.400. The fourth-order valence-electron chi connectivity index (χ4n) is 2.73. The number of hydroxylamine groups is 1. The quantitative estimate of drug-likeness (QED) is 0.668. The molecule has 1 aliphatic rings. The first-order valence-electron chi connectivity index (χ1n) is 7.54. The standard InChI is InChI=1S/C18H18N2O4/c1-20(2)13-7-8-14-16(9-13)24-10-15(17(14)21)11-3-5-12(6-4-11)18(22)19-23/h3-9,15,23H,10H2,1-2H3,(H,19,22). The van der Waals surface area contributed by atoms with Crippen molar-refractivity contribution in [3.63, 3.8) is 0 Å². The van der Waals surface area contributed by atoms with Gasteiger partial charge >= 0.3 is 0 Å². The van der Waals surface area contributed by atoms with Crippen LogP contribution in [0.15, 0.2) is 42.5 Å². The summed E-state index contributed by atoms with van der Waals surface area (Å²) in [5.41, 5.74) is 4.21. The van der Waals surface area contributed by atoms with Crippen LogP contribution in [-0.4, -0.2) is 37.6 Å². The van der Waals surface area contributed by atoms with Crippen molar-refractivity contribution < 1.29 is 19.5 Å². The van der Waals surface area contributed by atoms with Gasteiger partial charge in [0.05, 0.1) is 11.5 Å². The van der Waals surface area contributed by atoms with Crippen molar-refractivity contribution in [2.75, 3.05) is 25.6 Å². The van der Waals surface area contributed by atoms with Crippen molar-refractivity contribution >= 4 is 17.4 Å². The van der Waals surface area contributed by atoms with E-state index < -0.39 is 11.8 Å². The van der Waals surface area contributed by atoms with Crippen LogP contribution < -0.4 is 15.1 Å². The molecule has 1 heterocycles. The molecule has 1 unspecified atom stereocenters. The topological polar surface area (TPSA) is 78.9 Å². The van der Waals surface area contributed by atoms with Gasteiger partial charge in [0.15, 0.2) is 5.78 Å². The minimum atomic E-state index is -0.589. The Balaban J connectivity index is 1.87. The van der Waals surface area contributed by atoms with Crippen LogP contribution in [0.3, 0.4) is 0 Å². The molecule has 0 aliphatic carbocycles. The zero-order chi connectivity index (χ0) is 17.3. The lowest BCUT2D eigenvalue weighted by molar-refractivity contribution is 0.0706. The molecule has 24 heavy (non-hydrogen) atoms. The number of carbonyl (C=O) groups is 2. The third kappa shape index (κ3) is 2.83. The molecule has 6 nitrogen and oxygen atoms in total. The van der Waals surface area contributed by atoms with Crippen LogP contribution in [0.4, 0.5) is 5.69 Å². The predicted molar refractivity (Wildman–Crippen MR) is 89.0 cm³/mol. The Labute approximate surface area is 139 Å². The highest BCUT2D eigenvalue weighted by Gasteiger charge is 2.30. The number of hydrogen-bond acceptors (Lipinski definition) is 5. The van der Waals surface area contributed by atoms with E-state index in [1.807, 2.05) is 31.1 Å². The van der Waals surface area contributed by atoms with Crippen LogP contribution in [0.2, 0.25) is 0 Å². The number of carbonyl (C=O) groups excluding carboxylic acids is 2. The van der Waals surface area contributed by atoms with E-state index >= 15 is 0 Å². The number of ketones is 1. The molecule has 0 saturated heterocycles. The molecule has 124 valence electrons. The number of ether oxygens (including phenoxy) is 1. The van der Waals surface area contributed by atoms with Gasteiger partial charge in [-0.05, 0) is 29.8 Å². The summed E-state index contributed by atoms with van der Waals surface area (Å²) in [6.07, 6.45) is 0. The lowest BCUT2D eigenvalue weighted by Crippen LogP contribution is -2.26. The number of hydrogen-bond donors (Lipinski definition) is 2. The molecule has 3 rings (SSSR count). The zero-order valence-corrected chi connectivity index (χ0v) is 13.4. The molecule has 0 fully saturated rings. The predicted octanol–water partition coefficient (Wildman–Crippen LogP) is 2.23. The van der Waals surface area contributed by atoms with E-state index in [4.69, 9.17) is 9.94 Å². The third-order valence-corrected chi connectivity index (χ3v) is 4.15. The molecule has 0 bridgehead atoms. The smallest absolute Gasteiger partial charge is 0.274 e. The van der Waals surface area contributed by atoms with Crippen molar-refractivity contribution in [2.45, 2.75) is 5.92 Å². The molecular formula is C18H18N2O4. The van der Waals surface area contributed by atoms with E-state index in [1.54, 1.807) is 35.8 Å². The van der Waals surface area contributed by atoms with Crippen molar-refractivity contribution in [3.05, 3.63) is 59.2 Å². The SMILES string of the molecule is CN(C)c1ccc2c(c1)OCC(c1ccc(C(=O)NO)cc1)C2=O. The summed E-state index contributed by atoms with van der Waals surface area (Å²) in [7, 11) is 3.86. The van der Waals surface area contributed by atoms with Gasteiger partial charge in [-0.1, -0.05) is 12.1 Å². The molecule has 1 atom stereocenters. The summed E-state index contributed by atoms with van der Waals surface area (Å²) >= 11 is 0. The molecule has 2 aromatic rings. The highest BCUT2D eigenvalue weighted by molar-refractivity contribution is 6.04. The number of Topliss-reactive ketones (excluding diaryl/α,β-unsaturated/α-hetero) is 1. The molecule has 0 spiro atoms. The first-order chi connectivity index (χ1) is 11.5. The van der Waals surface area contributed by atoms with Crippen LogP contribution >= 0.6 is 0 Å². The van der Waals surface area contributed by atoms with E-state index in [0.717, 1.165) is 11.3 Å². The van der Waals surface area contributed by atoms with Crippen LogP contribution in [0.25, 0.3) is 0 Å². The number of rotatable bonds is 3. The van der Waals surface area contributed by atoms with Crippen LogP contribution in [0, 0.1) is 0 Å². The molecule has 0 radical (unpaired) electrons. The minimum Gasteiger partial charge on any atom is -0.492 e. The van der Waals surface area contributed by atoms with E-state index in [1.165, 1.54) is 0 Å². The summed E-state index contributed by atoms with van der Waals surface area (Å²) in [4.78, 5) is 26.1. The molecule has 2 N–H and O–H groups in total. The van der Waals surface area contributed by atoms with Gasteiger partial charge in [-0.3, -0.25) is 14.8 Å². The largest absolute Gasteiger partial charge is 0.492 e. The average molecular weight is 326 g/mol. The van der Waals surface area contributed by atoms with Crippen LogP contribution in [-0.2, 0) is 0 Å². The van der Waals surface area contributed by atoms with Crippen LogP contribution in [0.1, 0.15) is 32.2 Å². The maximum absolute atomic E-state index is 12.8. The van der Waals surface area contributed by atoms with E-state index in [2.05, 4.69) is 0 Å². The molecule has 6 heteroatoms. The average Bonchev–Trinajstić information content (AvgIpc) is 2.61. The van der Waals surface area contributed by atoms with Crippen molar-refractivity contribution in [3.8, 4) is 5.75 Å². The van der Waals surface area contributed by atoms with E-state index in [-0.39, 0.29) is 12.4 Å². The second-order valence-corrected chi connectivity index (χ2v) is 5.87. The summed E-state index contributed by atoms with van der Waals surface area (Å²) < 4.78 is 5.78.